The van der Waals surface area contributed by atoms with Crippen LogP contribution in [0.2, 0.25) is 0 Å². The first-order chi connectivity index (χ1) is 7.70. The minimum absolute atomic E-state index is 0.638. The molecule has 0 aromatic heterocycles. The highest BCUT2D eigenvalue weighted by Gasteiger charge is 2.06. The zero-order chi connectivity index (χ0) is 12.4. The van der Waals surface area contributed by atoms with Crippen LogP contribution in [-0.2, 0) is 11.3 Å². The molecule has 0 bridgehead atoms. The van der Waals surface area contributed by atoms with Crippen molar-refractivity contribution >= 4 is 0 Å². The van der Waals surface area contributed by atoms with Crippen molar-refractivity contribution < 1.29 is 4.74 Å². The van der Waals surface area contributed by atoms with E-state index in [0.717, 1.165) is 13.2 Å². The molecule has 1 atom stereocenters. The van der Waals surface area contributed by atoms with E-state index >= 15 is 0 Å². The fraction of sp³-hybridized carbons (Fsp3) is 0.600. The van der Waals surface area contributed by atoms with Gasteiger partial charge in [-0.3, -0.25) is 0 Å². The second kappa shape index (κ2) is 9.41. The largest absolute Gasteiger partial charge is 0.376 e. The highest BCUT2D eigenvalue weighted by molar-refractivity contribution is 5.13. The molecule has 0 amide bonds. The van der Waals surface area contributed by atoms with E-state index in [1.807, 2.05) is 32.0 Å². The van der Waals surface area contributed by atoms with Gasteiger partial charge >= 0.3 is 0 Å². The molecular formula is C15H26O. The maximum absolute atomic E-state index is 5.64. The molecule has 1 rings (SSSR count). The fourth-order valence-corrected chi connectivity index (χ4v) is 1.13. The van der Waals surface area contributed by atoms with Gasteiger partial charge in [0.05, 0.1) is 6.61 Å². The van der Waals surface area contributed by atoms with Crippen molar-refractivity contribution in [2.75, 3.05) is 6.61 Å². The average molecular weight is 222 g/mol. The minimum Gasteiger partial charge on any atom is -0.376 e. The second-order valence-electron chi connectivity index (χ2n) is 4.22. The number of benzene rings is 1. The lowest BCUT2D eigenvalue weighted by molar-refractivity contribution is 0.0781. The normalized spacial score (nSPS) is 11.9. The summed E-state index contributed by atoms with van der Waals surface area (Å²) in [5.41, 5.74) is 1.25. The van der Waals surface area contributed by atoms with Crippen LogP contribution in [0.4, 0.5) is 0 Å². The second-order valence-corrected chi connectivity index (χ2v) is 4.22. The smallest absolute Gasteiger partial charge is 0.0717 e. The van der Waals surface area contributed by atoms with Crippen molar-refractivity contribution in [2.45, 2.75) is 41.2 Å². The van der Waals surface area contributed by atoms with Crippen molar-refractivity contribution in [3.63, 3.8) is 0 Å². The quantitative estimate of drug-likeness (QED) is 0.711. The van der Waals surface area contributed by atoms with Crippen LogP contribution in [0.1, 0.15) is 40.2 Å². The standard InChI is InChI=1S/C13H20O.C2H6/c1-11(2)12(3)9-14-10-13-7-5-4-6-8-13;1-2/h4-8,11-12H,9-10H2,1-3H3;1-2H3. The van der Waals surface area contributed by atoms with Crippen LogP contribution >= 0.6 is 0 Å². The Morgan fingerprint density at radius 3 is 2.06 bits per heavy atom. The van der Waals surface area contributed by atoms with Crippen LogP contribution in [0.15, 0.2) is 30.3 Å². The van der Waals surface area contributed by atoms with Gasteiger partial charge < -0.3 is 4.74 Å². The van der Waals surface area contributed by atoms with Crippen LogP contribution < -0.4 is 0 Å². The first-order valence-corrected chi connectivity index (χ1v) is 6.32. The Bertz CT molecular complexity index is 241. The molecule has 0 aliphatic carbocycles. The monoisotopic (exact) mass is 222 g/mol. The Hall–Kier alpha value is -0.820. The minimum atomic E-state index is 0.638. The van der Waals surface area contributed by atoms with Crippen molar-refractivity contribution in [2.24, 2.45) is 11.8 Å². The summed E-state index contributed by atoms with van der Waals surface area (Å²) in [5, 5.41) is 0. The van der Waals surface area contributed by atoms with E-state index in [-0.39, 0.29) is 0 Å². The van der Waals surface area contributed by atoms with Crippen molar-refractivity contribution in [3.8, 4) is 0 Å². The van der Waals surface area contributed by atoms with Crippen LogP contribution in [-0.4, -0.2) is 6.61 Å². The number of hydrogen-bond donors (Lipinski definition) is 0. The SMILES string of the molecule is CC.CC(C)C(C)COCc1ccccc1. The van der Waals surface area contributed by atoms with Crippen LogP contribution in [0.25, 0.3) is 0 Å². The molecule has 0 spiro atoms. The molecule has 0 radical (unpaired) electrons. The Morgan fingerprint density at radius 1 is 1.00 bits per heavy atom. The summed E-state index contributed by atoms with van der Waals surface area (Å²) in [4.78, 5) is 0. The summed E-state index contributed by atoms with van der Waals surface area (Å²) in [5.74, 6) is 1.34. The molecule has 1 aromatic rings. The lowest BCUT2D eigenvalue weighted by Crippen LogP contribution is -2.11. The molecular weight excluding hydrogens is 196 g/mol. The predicted molar refractivity (Wildman–Crippen MR) is 71.4 cm³/mol. The van der Waals surface area contributed by atoms with Gasteiger partial charge in [-0.2, -0.15) is 0 Å². The van der Waals surface area contributed by atoms with Gasteiger partial charge in [0.2, 0.25) is 0 Å². The predicted octanol–water partition coefficient (Wildman–Crippen LogP) is 4.52. The van der Waals surface area contributed by atoms with Gasteiger partial charge in [0.25, 0.3) is 0 Å². The molecule has 0 aliphatic heterocycles. The molecule has 0 saturated heterocycles. The maximum atomic E-state index is 5.64. The fourth-order valence-electron chi connectivity index (χ4n) is 1.13. The molecule has 92 valence electrons. The van der Waals surface area contributed by atoms with Gasteiger partial charge in [-0.1, -0.05) is 65.0 Å². The highest BCUT2D eigenvalue weighted by Crippen LogP contribution is 2.10. The molecule has 1 unspecified atom stereocenters. The van der Waals surface area contributed by atoms with E-state index in [0.29, 0.717) is 11.8 Å². The van der Waals surface area contributed by atoms with E-state index in [4.69, 9.17) is 4.74 Å². The van der Waals surface area contributed by atoms with E-state index in [2.05, 4.69) is 32.9 Å². The summed E-state index contributed by atoms with van der Waals surface area (Å²) in [6.45, 7) is 12.3. The van der Waals surface area contributed by atoms with Gasteiger partial charge in [-0.25, -0.2) is 0 Å². The third-order valence-electron chi connectivity index (χ3n) is 2.63. The van der Waals surface area contributed by atoms with Gasteiger partial charge in [0.1, 0.15) is 0 Å². The summed E-state index contributed by atoms with van der Waals surface area (Å²) < 4.78 is 5.64. The van der Waals surface area contributed by atoms with Crippen LogP contribution in [0.5, 0.6) is 0 Å². The topological polar surface area (TPSA) is 9.23 Å². The Labute approximate surface area is 101 Å². The third kappa shape index (κ3) is 6.62. The summed E-state index contributed by atoms with van der Waals surface area (Å²) in [6, 6.07) is 10.3. The number of ether oxygens (including phenoxy) is 1. The van der Waals surface area contributed by atoms with Gasteiger partial charge in [0, 0.05) is 6.61 Å². The van der Waals surface area contributed by atoms with Gasteiger partial charge in [0.15, 0.2) is 0 Å². The Balaban J connectivity index is 0.00000106. The molecule has 1 heteroatoms. The summed E-state index contributed by atoms with van der Waals surface area (Å²) in [7, 11) is 0. The molecule has 16 heavy (non-hydrogen) atoms. The van der Waals surface area contributed by atoms with E-state index in [9.17, 15) is 0 Å². The summed E-state index contributed by atoms with van der Waals surface area (Å²) >= 11 is 0. The molecule has 1 nitrogen and oxygen atoms in total. The molecule has 0 N–H and O–H groups in total. The zero-order valence-electron chi connectivity index (χ0n) is 11.4. The zero-order valence-corrected chi connectivity index (χ0v) is 11.4. The van der Waals surface area contributed by atoms with E-state index < -0.39 is 0 Å². The molecule has 0 heterocycles. The molecule has 0 aliphatic rings. The molecule has 0 fully saturated rings. The van der Waals surface area contributed by atoms with Gasteiger partial charge in [-0.15, -0.1) is 0 Å². The van der Waals surface area contributed by atoms with Crippen molar-refractivity contribution in [1.29, 1.82) is 0 Å². The van der Waals surface area contributed by atoms with Crippen LogP contribution in [0, 0.1) is 11.8 Å². The first kappa shape index (κ1) is 15.2. The number of hydrogen-bond acceptors (Lipinski definition) is 1. The average Bonchev–Trinajstić information content (AvgIpc) is 2.33. The van der Waals surface area contributed by atoms with Crippen LogP contribution in [0.3, 0.4) is 0 Å². The van der Waals surface area contributed by atoms with E-state index in [1.165, 1.54) is 5.56 Å². The van der Waals surface area contributed by atoms with Gasteiger partial charge in [-0.05, 0) is 17.4 Å². The summed E-state index contributed by atoms with van der Waals surface area (Å²) in [6.07, 6.45) is 0. The maximum Gasteiger partial charge on any atom is 0.0717 e. The Kier molecular flexibility index (Phi) is 8.93. The van der Waals surface area contributed by atoms with Crippen molar-refractivity contribution in [3.05, 3.63) is 35.9 Å². The molecule has 1 aromatic carbocycles. The Morgan fingerprint density at radius 2 is 1.56 bits per heavy atom. The van der Waals surface area contributed by atoms with Crippen molar-refractivity contribution in [1.82, 2.24) is 0 Å². The molecule has 0 saturated carbocycles. The first-order valence-electron chi connectivity index (χ1n) is 6.32. The lowest BCUT2D eigenvalue weighted by atomic mass is 9.99. The van der Waals surface area contributed by atoms with E-state index in [1.54, 1.807) is 0 Å². The number of rotatable bonds is 5. The third-order valence-corrected chi connectivity index (χ3v) is 2.63. The lowest BCUT2D eigenvalue weighted by Gasteiger charge is -2.15. The highest BCUT2D eigenvalue weighted by atomic mass is 16.5.